The van der Waals surface area contributed by atoms with E-state index in [0.717, 1.165) is 23.4 Å². The SMILES string of the molecule is CCc1occc1C(NC)c1ccc(C)nc1. The van der Waals surface area contributed by atoms with Gasteiger partial charge in [0.2, 0.25) is 0 Å². The molecule has 0 aromatic carbocycles. The molecule has 0 aliphatic rings. The first-order valence-electron chi connectivity index (χ1n) is 5.92. The summed E-state index contributed by atoms with van der Waals surface area (Å²) in [5.74, 6) is 1.03. The van der Waals surface area contributed by atoms with Gasteiger partial charge in [0.05, 0.1) is 12.3 Å². The highest BCUT2D eigenvalue weighted by atomic mass is 16.3. The van der Waals surface area contributed by atoms with Gasteiger partial charge in [0.1, 0.15) is 5.76 Å². The van der Waals surface area contributed by atoms with Crippen molar-refractivity contribution in [1.82, 2.24) is 10.3 Å². The summed E-state index contributed by atoms with van der Waals surface area (Å²) in [5.41, 5.74) is 3.39. The quantitative estimate of drug-likeness (QED) is 0.877. The number of aromatic nitrogens is 1. The van der Waals surface area contributed by atoms with Gasteiger partial charge < -0.3 is 9.73 Å². The Labute approximate surface area is 102 Å². The summed E-state index contributed by atoms with van der Waals surface area (Å²) >= 11 is 0. The zero-order chi connectivity index (χ0) is 12.3. The van der Waals surface area contributed by atoms with E-state index in [1.807, 2.05) is 32.3 Å². The standard InChI is InChI=1S/C14H18N2O/c1-4-13-12(7-8-17-13)14(15-3)11-6-5-10(2)16-9-11/h5-9,14-15H,4H2,1-3H3. The second-order valence-corrected chi connectivity index (χ2v) is 4.11. The van der Waals surface area contributed by atoms with Gasteiger partial charge in [-0.05, 0) is 31.7 Å². The molecule has 2 aromatic heterocycles. The molecule has 1 unspecified atom stereocenters. The number of pyridine rings is 1. The molecule has 0 amide bonds. The minimum atomic E-state index is 0.150. The number of nitrogens with one attached hydrogen (secondary N) is 1. The lowest BCUT2D eigenvalue weighted by atomic mass is 10.00. The Bertz CT molecular complexity index is 473. The van der Waals surface area contributed by atoms with Crippen LogP contribution in [0, 0.1) is 6.92 Å². The molecular formula is C14H18N2O. The van der Waals surface area contributed by atoms with E-state index in [0.29, 0.717) is 0 Å². The van der Waals surface area contributed by atoms with Crippen LogP contribution in [0.2, 0.25) is 0 Å². The first-order valence-corrected chi connectivity index (χ1v) is 5.92. The van der Waals surface area contributed by atoms with Crippen molar-refractivity contribution in [2.24, 2.45) is 0 Å². The van der Waals surface area contributed by atoms with E-state index in [1.54, 1.807) is 6.26 Å². The van der Waals surface area contributed by atoms with Crippen molar-refractivity contribution in [3.8, 4) is 0 Å². The van der Waals surface area contributed by atoms with Gasteiger partial charge in [-0.3, -0.25) is 4.98 Å². The predicted molar refractivity (Wildman–Crippen MR) is 68.0 cm³/mol. The fraction of sp³-hybridized carbons (Fsp3) is 0.357. The molecular weight excluding hydrogens is 212 g/mol. The number of hydrogen-bond acceptors (Lipinski definition) is 3. The van der Waals surface area contributed by atoms with Crippen LogP contribution in [0.3, 0.4) is 0 Å². The van der Waals surface area contributed by atoms with Crippen LogP contribution in [0.1, 0.15) is 35.5 Å². The summed E-state index contributed by atoms with van der Waals surface area (Å²) in [5, 5.41) is 3.31. The van der Waals surface area contributed by atoms with Gasteiger partial charge in [-0.2, -0.15) is 0 Å². The largest absolute Gasteiger partial charge is 0.469 e. The molecule has 2 aromatic rings. The van der Waals surface area contributed by atoms with Gasteiger partial charge in [-0.1, -0.05) is 13.0 Å². The van der Waals surface area contributed by atoms with E-state index < -0.39 is 0 Å². The van der Waals surface area contributed by atoms with Gasteiger partial charge in [0, 0.05) is 23.9 Å². The van der Waals surface area contributed by atoms with E-state index in [9.17, 15) is 0 Å². The van der Waals surface area contributed by atoms with Crippen LogP contribution in [0.15, 0.2) is 35.1 Å². The third-order valence-electron chi connectivity index (χ3n) is 2.97. The molecule has 3 nitrogen and oxygen atoms in total. The van der Waals surface area contributed by atoms with Crippen LogP contribution in [0.25, 0.3) is 0 Å². The molecule has 0 saturated carbocycles. The Balaban J connectivity index is 2.36. The molecule has 90 valence electrons. The zero-order valence-electron chi connectivity index (χ0n) is 10.5. The van der Waals surface area contributed by atoms with E-state index in [-0.39, 0.29) is 6.04 Å². The topological polar surface area (TPSA) is 38.1 Å². The number of furan rings is 1. The molecule has 1 N–H and O–H groups in total. The number of aryl methyl sites for hydroxylation is 2. The Morgan fingerprint density at radius 2 is 2.18 bits per heavy atom. The highest BCUT2D eigenvalue weighted by Gasteiger charge is 2.17. The van der Waals surface area contributed by atoms with Crippen molar-refractivity contribution in [1.29, 1.82) is 0 Å². The fourth-order valence-electron chi connectivity index (χ4n) is 2.05. The Hall–Kier alpha value is -1.61. The number of nitrogens with zero attached hydrogens (tertiary/aromatic N) is 1. The second-order valence-electron chi connectivity index (χ2n) is 4.11. The maximum atomic E-state index is 5.48. The second kappa shape index (κ2) is 5.15. The maximum absolute atomic E-state index is 5.48. The first kappa shape index (κ1) is 11.9. The van der Waals surface area contributed by atoms with E-state index >= 15 is 0 Å². The van der Waals surface area contributed by atoms with Crippen LogP contribution >= 0.6 is 0 Å². The fourth-order valence-corrected chi connectivity index (χ4v) is 2.05. The van der Waals surface area contributed by atoms with E-state index in [4.69, 9.17) is 4.42 Å². The number of hydrogen-bond donors (Lipinski definition) is 1. The monoisotopic (exact) mass is 230 g/mol. The molecule has 3 heteroatoms. The number of rotatable bonds is 4. The van der Waals surface area contributed by atoms with Gasteiger partial charge in [0.15, 0.2) is 0 Å². The molecule has 0 spiro atoms. The average Bonchev–Trinajstić information content (AvgIpc) is 2.81. The van der Waals surface area contributed by atoms with Crippen LogP contribution in [-0.2, 0) is 6.42 Å². The van der Waals surface area contributed by atoms with Crippen molar-refractivity contribution >= 4 is 0 Å². The van der Waals surface area contributed by atoms with E-state index in [1.165, 1.54) is 5.56 Å². The Kier molecular flexibility index (Phi) is 3.59. The smallest absolute Gasteiger partial charge is 0.108 e. The molecule has 0 aliphatic carbocycles. The summed E-state index contributed by atoms with van der Waals surface area (Å²) in [6.07, 6.45) is 4.57. The molecule has 0 fully saturated rings. The van der Waals surface area contributed by atoms with Crippen molar-refractivity contribution in [3.63, 3.8) is 0 Å². The van der Waals surface area contributed by atoms with Crippen LogP contribution in [0.5, 0.6) is 0 Å². The highest BCUT2D eigenvalue weighted by molar-refractivity contribution is 5.32. The van der Waals surface area contributed by atoms with Crippen molar-refractivity contribution < 1.29 is 4.42 Å². The van der Waals surface area contributed by atoms with Gasteiger partial charge in [-0.25, -0.2) is 0 Å². The molecule has 0 bridgehead atoms. The molecule has 17 heavy (non-hydrogen) atoms. The summed E-state index contributed by atoms with van der Waals surface area (Å²) in [4.78, 5) is 4.34. The predicted octanol–water partition coefficient (Wildman–Crippen LogP) is 2.85. The van der Waals surface area contributed by atoms with Crippen LogP contribution < -0.4 is 5.32 Å². The summed E-state index contributed by atoms with van der Waals surface area (Å²) < 4.78 is 5.48. The molecule has 2 heterocycles. The molecule has 0 saturated heterocycles. The average molecular weight is 230 g/mol. The molecule has 0 aliphatic heterocycles. The van der Waals surface area contributed by atoms with Gasteiger partial charge in [-0.15, -0.1) is 0 Å². The Morgan fingerprint density at radius 3 is 2.76 bits per heavy atom. The lowest BCUT2D eigenvalue weighted by Crippen LogP contribution is -2.18. The third-order valence-corrected chi connectivity index (χ3v) is 2.97. The third kappa shape index (κ3) is 2.39. The zero-order valence-corrected chi connectivity index (χ0v) is 10.5. The van der Waals surface area contributed by atoms with Gasteiger partial charge >= 0.3 is 0 Å². The van der Waals surface area contributed by atoms with E-state index in [2.05, 4.69) is 23.3 Å². The highest BCUT2D eigenvalue weighted by Crippen LogP contribution is 2.25. The summed E-state index contributed by atoms with van der Waals surface area (Å²) in [7, 11) is 1.96. The molecule has 1 atom stereocenters. The normalized spacial score (nSPS) is 12.6. The van der Waals surface area contributed by atoms with Crippen molar-refractivity contribution in [2.45, 2.75) is 26.3 Å². The lowest BCUT2D eigenvalue weighted by Gasteiger charge is -2.16. The maximum Gasteiger partial charge on any atom is 0.108 e. The van der Waals surface area contributed by atoms with Gasteiger partial charge in [0.25, 0.3) is 0 Å². The molecule has 0 radical (unpaired) electrons. The lowest BCUT2D eigenvalue weighted by molar-refractivity contribution is 0.504. The first-order chi connectivity index (χ1) is 8.26. The minimum Gasteiger partial charge on any atom is -0.469 e. The summed E-state index contributed by atoms with van der Waals surface area (Å²) in [6, 6.07) is 6.32. The van der Waals surface area contributed by atoms with Crippen LogP contribution in [0.4, 0.5) is 0 Å². The molecule has 2 rings (SSSR count). The minimum absolute atomic E-state index is 0.150. The Morgan fingerprint density at radius 1 is 1.35 bits per heavy atom. The van der Waals surface area contributed by atoms with Crippen molar-refractivity contribution in [3.05, 3.63) is 53.2 Å². The van der Waals surface area contributed by atoms with Crippen LogP contribution in [-0.4, -0.2) is 12.0 Å². The summed E-state index contributed by atoms with van der Waals surface area (Å²) in [6.45, 7) is 4.09. The van der Waals surface area contributed by atoms with Crippen molar-refractivity contribution in [2.75, 3.05) is 7.05 Å².